The highest BCUT2D eigenvalue weighted by molar-refractivity contribution is 6.27. The van der Waals surface area contributed by atoms with Crippen LogP contribution in [-0.4, -0.2) is 7.11 Å². The van der Waals surface area contributed by atoms with E-state index in [0.717, 1.165) is 5.75 Å². The number of hydrogen-bond acceptors (Lipinski definition) is 1. The predicted octanol–water partition coefficient (Wildman–Crippen LogP) is 6.31. The standard InChI is InChI=1S/C23H16O/c1-24-19-12-13-21-18(14-19)11-10-17-9-8-16-7-6-15-4-2-3-5-20(15)22(16)23(17)21/h2-14H,1H3. The van der Waals surface area contributed by atoms with E-state index in [1.807, 2.05) is 6.07 Å². The summed E-state index contributed by atoms with van der Waals surface area (Å²) in [5.41, 5.74) is 0. The summed E-state index contributed by atoms with van der Waals surface area (Å²) in [6.07, 6.45) is 0. The molecule has 0 aliphatic heterocycles. The molecule has 24 heavy (non-hydrogen) atoms. The molecule has 0 unspecified atom stereocenters. The van der Waals surface area contributed by atoms with Crippen molar-refractivity contribution >= 4 is 43.1 Å². The average molecular weight is 308 g/mol. The van der Waals surface area contributed by atoms with E-state index >= 15 is 0 Å². The Labute approximate surface area is 140 Å². The van der Waals surface area contributed by atoms with Crippen LogP contribution in [0.1, 0.15) is 0 Å². The summed E-state index contributed by atoms with van der Waals surface area (Å²) in [5.74, 6) is 0.895. The van der Waals surface area contributed by atoms with Gasteiger partial charge in [0.05, 0.1) is 7.11 Å². The van der Waals surface area contributed by atoms with E-state index in [2.05, 4.69) is 72.8 Å². The molecule has 1 heteroatoms. The molecule has 0 aliphatic carbocycles. The molecule has 5 aromatic rings. The Morgan fingerprint density at radius 3 is 1.83 bits per heavy atom. The first kappa shape index (κ1) is 13.4. The molecule has 0 aliphatic rings. The van der Waals surface area contributed by atoms with Crippen molar-refractivity contribution in [2.45, 2.75) is 0 Å². The van der Waals surface area contributed by atoms with Gasteiger partial charge in [0.25, 0.3) is 0 Å². The van der Waals surface area contributed by atoms with Gasteiger partial charge in [0.1, 0.15) is 5.75 Å². The van der Waals surface area contributed by atoms with Crippen molar-refractivity contribution in [2.24, 2.45) is 0 Å². The Morgan fingerprint density at radius 1 is 0.542 bits per heavy atom. The predicted molar refractivity (Wildman–Crippen MR) is 103 cm³/mol. The highest BCUT2D eigenvalue weighted by Crippen LogP contribution is 2.37. The fourth-order valence-corrected chi connectivity index (χ4v) is 3.76. The van der Waals surface area contributed by atoms with Crippen LogP contribution in [0.2, 0.25) is 0 Å². The van der Waals surface area contributed by atoms with Crippen LogP contribution in [0.3, 0.4) is 0 Å². The Bertz CT molecular complexity index is 1230. The molecule has 0 saturated heterocycles. The lowest BCUT2D eigenvalue weighted by atomic mass is 9.93. The number of ether oxygens (including phenoxy) is 1. The van der Waals surface area contributed by atoms with Crippen LogP contribution in [0.4, 0.5) is 0 Å². The second-order valence-electron chi connectivity index (χ2n) is 6.20. The molecule has 0 aromatic heterocycles. The van der Waals surface area contributed by atoms with E-state index < -0.39 is 0 Å². The Balaban J connectivity index is 2.09. The van der Waals surface area contributed by atoms with Gasteiger partial charge in [-0.15, -0.1) is 0 Å². The molecule has 0 spiro atoms. The van der Waals surface area contributed by atoms with Crippen LogP contribution < -0.4 is 4.74 Å². The summed E-state index contributed by atoms with van der Waals surface area (Å²) >= 11 is 0. The number of hydrogen-bond donors (Lipinski definition) is 0. The third kappa shape index (κ3) is 1.82. The molecule has 0 bridgehead atoms. The summed E-state index contributed by atoms with van der Waals surface area (Å²) in [6.45, 7) is 0. The summed E-state index contributed by atoms with van der Waals surface area (Å²) in [6, 6.07) is 28.2. The molecule has 0 atom stereocenters. The van der Waals surface area contributed by atoms with Gasteiger partial charge in [-0.05, 0) is 55.2 Å². The second-order valence-corrected chi connectivity index (χ2v) is 6.20. The van der Waals surface area contributed by atoms with Crippen LogP contribution in [0, 0.1) is 0 Å². The normalized spacial score (nSPS) is 11.5. The number of benzene rings is 5. The van der Waals surface area contributed by atoms with Crippen molar-refractivity contribution in [3.63, 3.8) is 0 Å². The SMILES string of the molecule is COc1ccc2c(ccc3ccc4ccc5ccccc5c4c32)c1. The number of fused-ring (bicyclic) bond motifs is 7. The maximum absolute atomic E-state index is 5.39. The van der Waals surface area contributed by atoms with Gasteiger partial charge in [0.15, 0.2) is 0 Å². The first-order valence-electron chi connectivity index (χ1n) is 8.16. The van der Waals surface area contributed by atoms with Gasteiger partial charge in [-0.3, -0.25) is 0 Å². The van der Waals surface area contributed by atoms with E-state index in [1.54, 1.807) is 7.11 Å². The zero-order valence-electron chi connectivity index (χ0n) is 13.4. The molecule has 0 heterocycles. The Kier molecular flexibility index (Phi) is 2.77. The lowest BCUT2D eigenvalue weighted by molar-refractivity contribution is 0.415. The van der Waals surface area contributed by atoms with Crippen LogP contribution in [0.15, 0.2) is 78.9 Å². The van der Waals surface area contributed by atoms with E-state index in [1.165, 1.54) is 43.1 Å². The fourth-order valence-electron chi connectivity index (χ4n) is 3.76. The van der Waals surface area contributed by atoms with Gasteiger partial charge >= 0.3 is 0 Å². The first-order valence-corrected chi connectivity index (χ1v) is 8.16. The van der Waals surface area contributed by atoms with Crippen LogP contribution in [0.5, 0.6) is 5.75 Å². The van der Waals surface area contributed by atoms with Crippen molar-refractivity contribution in [1.29, 1.82) is 0 Å². The highest BCUT2D eigenvalue weighted by atomic mass is 16.5. The summed E-state index contributed by atoms with van der Waals surface area (Å²) < 4.78 is 5.39. The van der Waals surface area contributed by atoms with Crippen LogP contribution in [-0.2, 0) is 0 Å². The second kappa shape index (κ2) is 4.97. The van der Waals surface area contributed by atoms with Gasteiger partial charge < -0.3 is 4.74 Å². The van der Waals surface area contributed by atoms with Gasteiger partial charge in [0, 0.05) is 0 Å². The molecule has 114 valence electrons. The van der Waals surface area contributed by atoms with Crippen molar-refractivity contribution < 1.29 is 4.74 Å². The fraction of sp³-hybridized carbons (Fsp3) is 0.0435. The summed E-state index contributed by atoms with van der Waals surface area (Å²) in [4.78, 5) is 0. The minimum atomic E-state index is 0.895. The minimum Gasteiger partial charge on any atom is -0.497 e. The lowest BCUT2D eigenvalue weighted by Crippen LogP contribution is -1.85. The van der Waals surface area contributed by atoms with Crippen LogP contribution in [0.25, 0.3) is 43.1 Å². The van der Waals surface area contributed by atoms with Crippen molar-refractivity contribution in [1.82, 2.24) is 0 Å². The lowest BCUT2D eigenvalue weighted by Gasteiger charge is -2.11. The zero-order chi connectivity index (χ0) is 16.1. The summed E-state index contributed by atoms with van der Waals surface area (Å²) in [5, 5.41) is 10.3. The van der Waals surface area contributed by atoms with Crippen LogP contribution >= 0.6 is 0 Å². The van der Waals surface area contributed by atoms with Gasteiger partial charge in [0.2, 0.25) is 0 Å². The molecule has 0 N–H and O–H groups in total. The minimum absolute atomic E-state index is 0.895. The molecule has 0 radical (unpaired) electrons. The molecule has 5 rings (SSSR count). The smallest absolute Gasteiger partial charge is 0.119 e. The average Bonchev–Trinajstić information content (AvgIpc) is 2.66. The van der Waals surface area contributed by atoms with E-state index in [-0.39, 0.29) is 0 Å². The maximum atomic E-state index is 5.39. The Hall–Kier alpha value is -3.06. The van der Waals surface area contributed by atoms with Crippen molar-refractivity contribution in [3.05, 3.63) is 78.9 Å². The Morgan fingerprint density at radius 2 is 1.12 bits per heavy atom. The molecule has 1 nitrogen and oxygen atoms in total. The quantitative estimate of drug-likeness (QED) is 0.330. The molecule has 0 fully saturated rings. The highest BCUT2D eigenvalue weighted by Gasteiger charge is 2.09. The maximum Gasteiger partial charge on any atom is 0.119 e. The molecular weight excluding hydrogens is 292 g/mol. The first-order chi connectivity index (χ1) is 11.8. The van der Waals surface area contributed by atoms with Gasteiger partial charge in [-0.2, -0.15) is 0 Å². The largest absolute Gasteiger partial charge is 0.497 e. The molecule has 0 saturated carbocycles. The van der Waals surface area contributed by atoms with Gasteiger partial charge in [-0.1, -0.05) is 66.7 Å². The summed E-state index contributed by atoms with van der Waals surface area (Å²) in [7, 11) is 1.71. The van der Waals surface area contributed by atoms with Crippen molar-refractivity contribution in [3.8, 4) is 5.75 Å². The topological polar surface area (TPSA) is 9.23 Å². The molecule has 5 aromatic carbocycles. The van der Waals surface area contributed by atoms with Gasteiger partial charge in [-0.25, -0.2) is 0 Å². The number of rotatable bonds is 1. The van der Waals surface area contributed by atoms with E-state index in [9.17, 15) is 0 Å². The molecular formula is C23H16O. The van der Waals surface area contributed by atoms with E-state index in [0.29, 0.717) is 0 Å². The van der Waals surface area contributed by atoms with Crippen molar-refractivity contribution in [2.75, 3.05) is 7.11 Å². The van der Waals surface area contributed by atoms with E-state index in [4.69, 9.17) is 4.74 Å². The number of methoxy groups -OCH3 is 1. The third-order valence-corrected chi connectivity index (χ3v) is 4.91. The zero-order valence-corrected chi connectivity index (χ0v) is 13.4. The molecule has 0 amide bonds. The third-order valence-electron chi connectivity index (χ3n) is 4.91. The monoisotopic (exact) mass is 308 g/mol.